The second-order valence-corrected chi connectivity index (χ2v) is 5.98. The van der Waals surface area contributed by atoms with Crippen molar-refractivity contribution in [1.29, 1.82) is 5.26 Å². The molecule has 1 aromatic carbocycles. The van der Waals surface area contributed by atoms with Crippen molar-refractivity contribution in [2.24, 2.45) is 11.8 Å². The molecule has 0 aliphatic heterocycles. The maximum absolute atomic E-state index is 8.75. The molecule has 0 heterocycles. The zero-order valence-electron chi connectivity index (χ0n) is 10.7. The van der Waals surface area contributed by atoms with Crippen molar-refractivity contribution in [3.63, 3.8) is 0 Å². The monoisotopic (exact) mass is 271 g/mol. The lowest BCUT2D eigenvalue weighted by Crippen LogP contribution is -2.40. The first kappa shape index (κ1) is 12.4. The Morgan fingerprint density at radius 1 is 1.21 bits per heavy atom. The van der Waals surface area contributed by atoms with Gasteiger partial charge in [0.15, 0.2) is 5.11 Å². The van der Waals surface area contributed by atoms with E-state index in [0.29, 0.717) is 16.7 Å². The highest BCUT2D eigenvalue weighted by Crippen LogP contribution is 2.44. The number of hydrogen-bond donors (Lipinski definition) is 2. The first-order valence-corrected chi connectivity index (χ1v) is 7.23. The molecule has 2 bridgehead atoms. The molecule has 2 aliphatic rings. The molecule has 3 atom stereocenters. The van der Waals surface area contributed by atoms with E-state index in [1.54, 1.807) is 12.1 Å². The van der Waals surface area contributed by atoms with Crippen LogP contribution in [-0.2, 0) is 0 Å². The van der Waals surface area contributed by atoms with Crippen LogP contribution in [0, 0.1) is 23.2 Å². The minimum absolute atomic E-state index is 0.553. The van der Waals surface area contributed by atoms with Gasteiger partial charge in [-0.25, -0.2) is 0 Å². The van der Waals surface area contributed by atoms with E-state index in [-0.39, 0.29) is 0 Å². The van der Waals surface area contributed by atoms with E-state index in [0.717, 1.165) is 17.5 Å². The quantitative estimate of drug-likeness (QED) is 0.812. The number of thiocarbonyl (C=S) groups is 1. The Hall–Kier alpha value is -1.60. The fraction of sp³-hybridized carbons (Fsp3) is 0.467. The first-order chi connectivity index (χ1) is 9.24. The summed E-state index contributed by atoms with van der Waals surface area (Å²) in [6, 6.07) is 10.0. The van der Waals surface area contributed by atoms with Crippen LogP contribution in [0.2, 0.25) is 0 Å². The summed E-state index contributed by atoms with van der Waals surface area (Å²) in [5, 5.41) is 16.1. The molecule has 2 saturated carbocycles. The molecular formula is C15H17N3S. The Labute approximate surface area is 119 Å². The molecular weight excluding hydrogens is 254 g/mol. The molecule has 98 valence electrons. The average molecular weight is 271 g/mol. The molecule has 2 fully saturated rings. The molecule has 0 radical (unpaired) electrons. The minimum Gasteiger partial charge on any atom is -0.359 e. The van der Waals surface area contributed by atoms with Crippen molar-refractivity contribution in [1.82, 2.24) is 5.32 Å². The molecule has 19 heavy (non-hydrogen) atoms. The van der Waals surface area contributed by atoms with Gasteiger partial charge in [-0.2, -0.15) is 5.26 Å². The van der Waals surface area contributed by atoms with Gasteiger partial charge in [0, 0.05) is 11.7 Å². The molecule has 3 rings (SSSR count). The van der Waals surface area contributed by atoms with Crippen LogP contribution in [0.15, 0.2) is 24.3 Å². The summed E-state index contributed by atoms with van der Waals surface area (Å²) in [6.45, 7) is 0. The van der Waals surface area contributed by atoms with Crippen LogP contribution < -0.4 is 10.6 Å². The van der Waals surface area contributed by atoms with Crippen molar-refractivity contribution >= 4 is 23.0 Å². The lowest BCUT2D eigenvalue weighted by Gasteiger charge is -2.24. The Morgan fingerprint density at radius 2 is 2.00 bits per heavy atom. The van der Waals surface area contributed by atoms with Gasteiger partial charge in [-0.3, -0.25) is 0 Å². The number of fused-ring (bicyclic) bond motifs is 2. The van der Waals surface area contributed by atoms with E-state index >= 15 is 0 Å². The average Bonchev–Trinajstić information content (AvgIpc) is 3.02. The Kier molecular flexibility index (Phi) is 3.39. The number of nitrogens with zero attached hydrogens (tertiary/aromatic N) is 1. The molecule has 2 N–H and O–H groups in total. The predicted molar refractivity (Wildman–Crippen MR) is 79.7 cm³/mol. The van der Waals surface area contributed by atoms with Gasteiger partial charge in [0.2, 0.25) is 0 Å². The maximum Gasteiger partial charge on any atom is 0.171 e. The van der Waals surface area contributed by atoms with E-state index in [1.165, 1.54) is 25.7 Å². The lowest BCUT2D eigenvalue weighted by atomic mass is 9.96. The molecule has 0 spiro atoms. The Balaban J connectivity index is 1.55. The van der Waals surface area contributed by atoms with E-state index in [4.69, 9.17) is 17.5 Å². The fourth-order valence-corrected chi connectivity index (χ4v) is 3.65. The fourth-order valence-electron chi connectivity index (χ4n) is 3.39. The highest BCUT2D eigenvalue weighted by molar-refractivity contribution is 7.80. The Morgan fingerprint density at radius 3 is 2.58 bits per heavy atom. The molecule has 3 nitrogen and oxygen atoms in total. The number of rotatable bonds is 2. The molecule has 2 aliphatic carbocycles. The third kappa shape index (κ3) is 2.71. The first-order valence-electron chi connectivity index (χ1n) is 6.82. The topological polar surface area (TPSA) is 47.9 Å². The van der Waals surface area contributed by atoms with Crippen molar-refractivity contribution < 1.29 is 0 Å². The molecule has 1 aromatic rings. The van der Waals surface area contributed by atoms with Crippen molar-refractivity contribution in [2.75, 3.05) is 5.32 Å². The van der Waals surface area contributed by atoms with E-state index in [9.17, 15) is 0 Å². The van der Waals surface area contributed by atoms with Crippen molar-refractivity contribution in [3.8, 4) is 6.07 Å². The normalized spacial score (nSPS) is 27.8. The SMILES string of the molecule is N#Cc1ccc(NC(=S)NC2CC3CCC2C3)cc1. The molecule has 3 unspecified atom stereocenters. The van der Waals surface area contributed by atoms with E-state index in [2.05, 4.69) is 16.7 Å². The standard InChI is InChI=1S/C15H17N3S/c16-9-10-2-5-13(6-3-10)17-15(19)18-14-8-11-1-4-12(14)7-11/h2-3,5-6,11-12,14H,1,4,7-8H2,(H2,17,18,19). The van der Waals surface area contributed by atoms with Crippen LogP contribution in [0.25, 0.3) is 0 Å². The zero-order chi connectivity index (χ0) is 13.2. The highest BCUT2D eigenvalue weighted by Gasteiger charge is 2.39. The summed E-state index contributed by atoms with van der Waals surface area (Å²) in [6.07, 6.45) is 5.39. The number of benzene rings is 1. The lowest BCUT2D eigenvalue weighted by molar-refractivity contribution is 0.392. The van der Waals surface area contributed by atoms with E-state index < -0.39 is 0 Å². The third-order valence-electron chi connectivity index (χ3n) is 4.33. The molecule has 4 heteroatoms. The molecule has 0 amide bonds. The van der Waals surface area contributed by atoms with Crippen LogP contribution in [0.5, 0.6) is 0 Å². The summed E-state index contributed by atoms with van der Waals surface area (Å²) < 4.78 is 0. The van der Waals surface area contributed by atoms with Crippen LogP contribution >= 0.6 is 12.2 Å². The minimum atomic E-state index is 0.553. The van der Waals surface area contributed by atoms with Gasteiger partial charge in [-0.1, -0.05) is 6.42 Å². The van der Waals surface area contributed by atoms with Gasteiger partial charge in [-0.05, 0) is 67.6 Å². The highest BCUT2D eigenvalue weighted by atomic mass is 32.1. The van der Waals surface area contributed by atoms with Gasteiger partial charge in [0.25, 0.3) is 0 Å². The van der Waals surface area contributed by atoms with Gasteiger partial charge in [0.1, 0.15) is 0 Å². The van der Waals surface area contributed by atoms with Gasteiger partial charge >= 0.3 is 0 Å². The summed E-state index contributed by atoms with van der Waals surface area (Å²) in [5.41, 5.74) is 1.59. The summed E-state index contributed by atoms with van der Waals surface area (Å²) in [5.74, 6) is 1.73. The van der Waals surface area contributed by atoms with Crippen LogP contribution in [0.4, 0.5) is 5.69 Å². The molecule has 0 saturated heterocycles. The van der Waals surface area contributed by atoms with Gasteiger partial charge in [0.05, 0.1) is 11.6 Å². The van der Waals surface area contributed by atoms with Crippen molar-refractivity contribution in [2.45, 2.75) is 31.7 Å². The largest absolute Gasteiger partial charge is 0.359 e. The Bertz CT molecular complexity index is 517. The zero-order valence-corrected chi connectivity index (χ0v) is 11.5. The van der Waals surface area contributed by atoms with Gasteiger partial charge < -0.3 is 10.6 Å². The smallest absolute Gasteiger partial charge is 0.171 e. The van der Waals surface area contributed by atoms with Crippen LogP contribution in [0.1, 0.15) is 31.2 Å². The number of nitriles is 1. The maximum atomic E-state index is 8.75. The second kappa shape index (κ2) is 5.18. The van der Waals surface area contributed by atoms with Crippen LogP contribution in [0.3, 0.4) is 0 Å². The third-order valence-corrected chi connectivity index (χ3v) is 4.55. The number of hydrogen-bond acceptors (Lipinski definition) is 2. The summed E-state index contributed by atoms with van der Waals surface area (Å²) in [7, 11) is 0. The van der Waals surface area contributed by atoms with E-state index in [1.807, 2.05) is 12.1 Å². The van der Waals surface area contributed by atoms with Crippen molar-refractivity contribution in [3.05, 3.63) is 29.8 Å². The number of anilines is 1. The number of nitrogens with one attached hydrogen (secondary N) is 2. The predicted octanol–water partition coefficient (Wildman–Crippen LogP) is 3.03. The molecule has 0 aromatic heterocycles. The van der Waals surface area contributed by atoms with Gasteiger partial charge in [-0.15, -0.1) is 0 Å². The second-order valence-electron chi connectivity index (χ2n) is 5.57. The van der Waals surface area contributed by atoms with Crippen LogP contribution in [-0.4, -0.2) is 11.2 Å². The summed E-state index contributed by atoms with van der Waals surface area (Å²) in [4.78, 5) is 0. The summed E-state index contributed by atoms with van der Waals surface area (Å²) >= 11 is 5.36.